The van der Waals surface area contributed by atoms with Gasteiger partial charge in [0.25, 0.3) is 0 Å². The minimum atomic E-state index is -0.586. The Morgan fingerprint density at radius 2 is 2.12 bits per heavy atom. The molecule has 1 aliphatic heterocycles. The summed E-state index contributed by atoms with van der Waals surface area (Å²) in [6.07, 6.45) is 0.983. The predicted octanol–water partition coefficient (Wildman–Crippen LogP) is 2.92. The molecule has 25 heavy (non-hydrogen) atoms. The number of carbonyl (C=O) groups is 2. The lowest BCUT2D eigenvalue weighted by atomic mass is 10.1. The van der Waals surface area contributed by atoms with Gasteiger partial charge in [0.15, 0.2) is 0 Å². The maximum absolute atomic E-state index is 12.8. The van der Waals surface area contributed by atoms with Crippen LogP contribution in [-0.4, -0.2) is 47.0 Å². The van der Waals surface area contributed by atoms with Gasteiger partial charge in [0.1, 0.15) is 11.6 Å². The Bertz CT molecular complexity index is 688. The minimum Gasteiger partial charge on any atom is -0.444 e. The van der Waals surface area contributed by atoms with Crippen molar-refractivity contribution in [3.05, 3.63) is 35.4 Å². The molecule has 134 valence electrons. The van der Waals surface area contributed by atoms with Gasteiger partial charge in [0, 0.05) is 20.1 Å². The summed E-state index contributed by atoms with van der Waals surface area (Å²) in [4.78, 5) is 28.3. The molecule has 6 nitrogen and oxygen atoms in total. The zero-order valence-corrected chi connectivity index (χ0v) is 15.3. The van der Waals surface area contributed by atoms with Crippen molar-refractivity contribution < 1.29 is 14.3 Å². The SMILES string of the molecule is CN(Cc1cccc(C#N)c1)C(=O)C1CCCN1C(=O)OC(C)(C)C. The third-order valence-electron chi connectivity index (χ3n) is 4.02. The predicted molar refractivity (Wildman–Crippen MR) is 93.6 cm³/mol. The number of likely N-dealkylation sites (N-methyl/N-ethyl adjacent to an activating group) is 1. The van der Waals surface area contributed by atoms with E-state index in [9.17, 15) is 9.59 Å². The molecule has 2 rings (SSSR count). The van der Waals surface area contributed by atoms with Crippen LogP contribution in [0.15, 0.2) is 24.3 Å². The molecule has 0 N–H and O–H groups in total. The van der Waals surface area contributed by atoms with Crippen LogP contribution in [0.2, 0.25) is 0 Å². The van der Waals surface area contributed by atoms with Gasteiger partial charge in [-0.1, -0.05) is 12.1 Å². The lowest BCUT2D eigenvalue weighted by Gasteiger charge is -2.30. The summed E-state index contributed by atoms with van der Waals surface area (Å²) in [5.41, 5.74) is 0.864. The monoisotopic (exact) mass is 343 g/mol. The van der Waals surface area contributed by atoms with Crippen molar-refractivity contribution in [3.8, 4) is 6.07 Å². The third kappa shape index (κ3) is 4.96. The highest BCUT2D eigenvalue weighted by molar-refractivity contribution is 5.86. The maximum atomic E-state index is 12.8. The van der Waals surface area contributed by atoms with Crippen LogP contribution >= 0.6 is 0 Å². The van der Waals surface area contributed by atoms with Crippen LogP contribution in [0.5, 0.6) is 0 Å². The number of nitrogens with zero attached hydrogens (tertiary/aromatic N) is 3. The number of carbonyl (C=O) groups excluding carboxylic acids is 2. The number of likely N-dealkylation sites (tertiary alicyclic amines) is 1. The Morgan fingerprint density at radius 1 is 1.40 bits per heavy atom. The van der Waals surface area contributed by atoms with Gasteiger partial charge in [0.2, 0.25) is 5.91 Å². The van der Waals surface area contributed by atoms with Crippen molar-refractivity contribution >= 4 is 12.0 Å². The number of ether oxygens (including phenoxy) is 1. The van der Waals surface area contributed by atoms with Gasteiger partial charge in [-0.3, -0.25) is 9.69 Å². The molecule has 1 aliphatic rings. The summed E-state index contributed by atoms with van der Waals surface area (Å²) in [5, 5.41) is 8.98. The van der Waals surface area contributed by atoms with Crippen LogP contribution in [0.4, 0.5) is 4.79 Å². The number of rotatable bonds is 3. The first kappa shape index (κ1) is 18.8. The Kier molecular flexibility index (Phi) is 5.68. The maximum Gasteiger partial charge on any atom is 0.410 e. The molecule has 1 saturated heterocycles. The molecule has 6 heteroatoms. The molecule has 0 aliphatic carbocycles. The lowest BCUT2D eigenvalue weighted by molar-refractivity contribution is -0.135. The Hall–Kier alpha value is -2.55. The zero-order chi connectivity index (χ0) is 18.6. The second-order valence-corrected chi connectivity index (χ2v) is 7.34. The molecule has 0 bridgehead atoms. The second kappa shape index (κ2) is 7.56. The highest BCUT2D eigenvalue weighted by atomic mass is 16.6. The van der Waals surface area contributed by atoms with E-state index in [0.29, 0.717) is 25.1 Å². The van der Waals surface area contributed by atoms with E-state index in [4.69, 9.17) is 10.00 Å². The molecule has 1 aromatic carbocycles. The van der Waals surface area contributed by atoms with E-state index in [-0.39, 0.29) is 5.91 Å². The first-order chi connectivity index (χ1) is 11.7. The van der Waals surface area contributed by atoms with Crippen LogP contribution in [0, 0.1) is 11.3 Å². The fourth-order valence-corrected chi connectivity index (χ4v) is 2.91. The summed E-state index contributed by atoms with van der Waals surface area (Å²) in [6.45, 7) is 6.36. The largest absolute Gasteiger partial charge is 0.444 e. The fraction of sp³-hybridized carbons (Fsp3) is 0.526. The summed E-state index contributed by atoms with van der Waals surface area (Å²) >= 11 is 0. The average molecular weight is 343 g/mol. The smallest absolute Gasteiger partial charge is 0.410 e. The summed E-state index contributed by atoms with van der Waals surface area (Å²) in [5.74, 6) is -0.106. The highest BCUT2D eigenvalue weighted by Crippen LogP contribution is 2.22. The van der Waals surface area contributed by atoms with Crippen LogP contribution < -0.4 is 0 Å². The number of nitriles is 1. The van der Waals surface area contributed by atoms with Crippen LogP contribution in [0.3, 0.4) is 0 Å². The highest BCUT2D eigenvalue weighted by Gasteiger charge is 2.37. The normalized spacial score (nSPS) is 17.1. The summed E-state index contributed by atoms with van der Waals surface area (Å²) in [7, 11) is 1.72. The number of hydrogen-bond acceptors (Lipinski definition) is 4. The molecule has 0 saturated carbocycles. The van der Waals surface area contributed by atoms with Crippen molar-refractivity contribution in [3.63, 3.8) is 0 Å². The molecular weight excluding hydrogens is 318 g/mol. The van der Waals surface area contributed by atoms with E-state index < -0.39 is 17.7 Å². The second-order valence-electron chi connectivity index (χ2n) is 7.34. The molecule has 1 atom stereocenters. The van der Waals surface area contributed by atoms with Gasteiger partial charge < -0.3 is 9.64 Å². The van der Waals surface area contributed by atoms with Crippen molar-refractivity contribution in [2.45, 2.75) is 51.8 Å². The van der Waals surface area contributed by atoms with E-state index in [1.807, 2.05) is 26.8 Å². The zero-order valence-electron chi connectivity index (χ0n) is 15.3. The van der Waals surface area contributed by atoms with Gasteiger partial charge in [-0.15, -0.1) is 0 Å². The number of hydrogen-bond donors (Lipinski definition) is 0. The minimum absolute atomic E-state index is 0.106. The molecule has 0 spiro atoms. The average Bonchev–Trinajstić information content (AvgIpc) is 3.02. The molecule has 1 fully saturated rings. The molecule has 1 unspecified atom stereocenters. The lowest BCUT2D eigenvalue weighted by Crippen LogP contribution is -2.47. The van der Waals surface area contributed by atoms with Crippen LogP contribution in [-0.2, 0) is 16.1 Å². The van der Waals surface area contributed by atoms with Crippen molar-refractivity contribution in [2.75, 3.05) is 13.6 Å². The van der Waals surface area contributed by atoms with Crippen molar-refractivity contribution in [1.82, 2.24) is 9.80 Å². The van der Waals surface area contributed by atoms with Gasteiger partial charge in [-0.05, 0) is 51.3 Å². The van der Waals surface area contributed by atoms with Crippen LogP contribution in [0.25, 0.3) is 0 Å². The number of benzene rings is 1. The molecule has 2 amide bonds. The van der Waals surface area contributed by atoms with E-state index >= 15 is 0 Å². The third-order valence-corrected chi connectivity index (χ3v) is 4.02. The Labute approximate surface area is 149 Å². The fourth-order valence-electron chi connectivity index (χ4n) is 2.91. The van der Waals surface area contributed by atoms with Gasteiger partial charge in [-0.25, -0.2) is 4.79 Å². The van der Waals surface area contributed by atoms with E-state index in [1.54, 1.807) is 30.1 Å². The van der Waals surface area contributed by atoms with E-state index in [1.165, 1.54) is 4.90 Å². The van der Waals surface area contributed by atoms with Crippen LogP contribution in [0.1, 0.15) is 44.7 Å². The first-order valence-corrected chi connectivity index (χ1v) is 8.45. The topological polar surface area (TPSA) is 73.6 Å². The summed E-state index contributed by atoms with van der Waals surface area (Å²) < 4.78 is 5.41. The Morgan fingerprint density at radius 3 is 2.76 bits per heavy atom. The van der Waals surface area contributed by atoms with Gasteiger partial charge >= 0.3 is 6.09 Å². The summed E-state index contributed by atoms with van der Waals surface area (Å²) in [6, 6.07) is 8.79. The van der Waals surface area contributed by atoms with Gasteiger partial charge in [0.05, 0.1) is 11.6 Å². The van der Waals surface area contributed by atoms with Crippen molar-refractivity contribution in [1.29, 1.82) is 5.26 Å². The number of amides is 2. The first-order valence-electron chi connectivity index (χ1n) is 8.45. The van der Waals surface area contributed by atoms with E-state index in [2.05, 4.69) is 6.07 Å². The quantitative estimate of drug-likeness (QED) is 0.846. The molecule has 0 aromatic heterocycles. The molecule has 0 radical (unpaired) electrons. The van der Waals surface area contributed by atoms with E-state index in [0.717, 1.165) is 12.0 Å². The molecule has 1 aromatic rings. The molecular formula is C19H25N3O3. The standard InChI is InChI=1S/C19H25N3O3/c1-19(2,3)25-18(24)22-10-6-9-16(22)17(23)21(4)13-15-8-5-7-14(11-15)12-20/h5,7-8,11,16H,6,9-10,13H2,1-4H3. The molecule has 1 heterocycles. The van der Waals surface area contributed by atoms with Gasteiger partial charge in [-0.2, -0.15) is 5.26 Å². The Balaban J connectivity index is 2.04. The van der Waals surface area contributed by atoms with Crippen molar-refractivity contribution in [2.24, 2.45) is 0 Å².